The van der Waals surface area contributed by atoms with E-state index in [9.17, 15) is 0 Å². The van der Waals surface area contributed by atoms with Crippen LogP contribution in [0.5, 0.6) is 0 Å². The van der Waals surface area contributed by atoms with Gasteiger partial charge in [-0.05, 0) is 12.8 Å². The molecule has 0 radical (unpaired) electrons. The molecular formula is C10H16N4. The molecule has 3 rings (SSSR count). The molecule has 1 saturated carbocycles. The van der Waals surface area contributed by atoms with E-state index in [4.69, 9.17) is 5.73 Å². The van der Waals surface area contributed by atoms with Gasteiger partial charge in [-0.3, -0.25) is 0 Å². The molecule has 1 atom stereocenters. The quantitative estimate of drug-likeness (QED) is 0.716. The minimum atomic E-state index is 0.264. The fourth-order valence-corrected chi connectivity index (χ4v) is 2.72. The van der Waals surface area contributed by atoms with Crippen molar-refractivity contribution in [2.24, 2.45) is 5.73 Å². The zero-order valence-electron chi connectivity index (χ0n) is 8.32. The van der Waals surface area contributed by atoms with Gasteiger partial charge in [0.2, 0.25) is 0 Å². The van der Waals surface area contributed by atoms with Gasteiger partial charge >= 0.3 is 0 Å². The Bertz CT molecular complexity index is 338. The summed E-state index contributed by atoms with van der Waals surface area (Å²) >= 11 is 0. The summed E-state index contributed by atoms with van der Waals surface area (Å²) in [6.07, 6.45) is 6.16. The standard InChI is InChI=1S/C10H16N4/c11-8-5-9-12-13-10(14(9)6-8)7-3-1-2-4-7/h7-8H,1-6,11H2. The lowest BCUT2D eigenvalue weighted by atomic mass is 10.1. The third-order valence-electron chi connectivity index (χ3n) is 3.44. The Morgan fingerprint density at radius 3 is 2.79 bits per heavy atom. The van der Waals surface area contributed by atoms with Gasteiger partial charge in [-0.25, -0.2) is 0 Å². The number of nitrogens with zero attached hydrogens (tertiary/aromatic N) is 3. The SMILES string of the molecule is NC1Cc2nnc(C3CCCC3)n2C1. The van der Waals surface area contributed by atoms with Crippen LogP contribution in [0.3, 0.4) is 0 Å². The van der Waals surface area contributed by atoms with Gasteiger partial charge in [-0.15, -0.1) is 10.2 Å². The van der Waals surface area contributed by atoms with Gasteiger partial charge in [0.05, 0.1) is 0 Å². The smallest absolute Gasteiger partial charge is 0.136 e. The lowest BCUT2D eigenvalue weighted by molar-refractivity contribution is 0.565. The molecule has 0 saturated heterocycles. The van der Waals surface area contributed by atoms with Crippen LogP contribution in [0.1, 0.15) is 43.3 Å². The van der Waals surface area contributed by atoms with Crippen LogP contribution < -0.4 is 5.73 Å². The van der Waals surface area contributed by atoms with E-state index in [1.165, 1.54) is 31.5 Å². The summed E-state index contributed by atoms with van der Waals surface area (Å²) in [7, 11) is 0. The van der Waals surface area contributed by atoms with Crippen LogP contribution >= 0.6 is 0 Å². The molecule has 0 amide bonds. The molecule has 2 N–H and O–H groups in total. The molecule has 76 valence electrons. The average molecular weight is 192 g/mol. The molecule has 0 bridgehead atoms. The van der Waals surface area contributed by atoms with Crippen molar-refractivity contribution >= 4 is 0 Å². The lowest BCUT2D eigenvalue weighted by Crippen LogP contribution is -2.22. The number of rotatable bonds is 1. The maximum Gasteiger partial charge on any atom is 0.136 e. The van der Waals surface area contributed by atoms with E-state index in [-0.39, 0.29) is 6.04 Å². The van der Waals surface area contributed by atoms with Crippen molar-refractivity contribution in [3.63, 3.8) is 0 Å². The fourth-order valence-electron chi connectivity index (χ4n) is 2.72. The van der Waals surface area contributed by atoms with E-state index in [2.05, 4.69) is 14.8 Å². The largest absolute Gasteiger partial charge is 0.326 e. The van der Waals surface area contributed by atoms with Crippen molar-refractivity contribution in [2.45, 2.75) is 50.6 Å². The van der Waals surface area contributed by atoms with Gasteiger partial charge in [0, 0.05) is 24.9 Å². The Kier molecular flexibility index (Phi) is 1.83. The minimum Gasteiger partial charge on any atom is -0.326 e. The molecule has 4 heteroatoms. The normalized spacial score (nSPS) is 27.1. The Labute approximate surface area is 83.5 Å². The van der Waals surface area contributed by atoms with Crippen LogP contribution in [0.4, 0.5) is 0 Å². The lowest BCUT2D eigenvalue weighted by Gasteiger charge is -2.09. The van der Waals surface area contributed by atoms with Gasteiger partial charge in [-0.1, -0.05) is 12.8 Å². The maximum absolute atomic E-state index is 5.91. The highest BCUT2D eigenvalue weighted by Gasteiger charge is 2.28. The summed E-state index contributed by atoms with van der Waals surface area (Å²) in [6.45, 7) is 0.925. The van der Waals surface area contributed by atoms with E-state index >= 15 is 0 Å². The highest BCUT2D eigenvalue weighted by Crippen LogP contribution is 2.34. The summed E-state index contributed by atoms with van der Waals surface area (Å²) in [4.78, 5) is 0. The Balaban J connectivity index is 1.92. The molecule has 2 heterocycles. The van der Waals surface area contributed by atoms with Crippen molar-refractivity contribution in [1.82, 2.24) is 14.8 Å². The van der Waals surface area contributed by atoms with Crippen molar-refractivity contribution < 1.29 is 0 Å². The fraction of sp³-hybridized carbons (Fsp3) is 0.800. The van der Waals surface area contributed by atoms with E-state index < -0.39 is 0 Å². The van der Waals surface area contributed by atoms with Crippen LogP contribution in [-0.4, -0.2) is 20.8 Å². The molecule has 1 aliphatic carbocycles. The number of fused-ring (bicyclic) bond motifs is 1. The third-order valence-corrected chi connectivity index (χ3v) is 3.44. The summed E-state index contributed by atoms with van der Waals surface area (Å²) in [5.74, 6) is 2.95. The monoisotopic (exact) mass is 192 g/mol. The van der Waals surface area contributed by atoms with E-state index in [1.807, 2.05) is 0 Å². The Hall–Kier alpha value is -0.900. The number of hydrogen-bond acceptors (Lipinski definition) is 3. The molecule has 1 aromatic heterocycles. The van der Waals surface area contributed by atoms with Crippen LogP contribution in [0.15, 0.2) is 0 Å². The first-order valence-electron chi connectivity index (χ1n) is 5.52. The van der Waals surface area contributed by atoms with Gasteiger partial charge in [0.1, 0.15) is 11.6 Å². The second kappa shape index (κ2) is 3.05. The van der Waals surface area contributed by atoms with Crippen molar-refractivity contribution in [1.29, 1.82) is 0 Å². The molecule has 14 heavy (non-hydrogen) atoms. The van der Waals surface area contributed by atoms with Gasteiger partial charge < -0.3 is 10.3 Å². The van der Waals surface area contributed by atoms with Crippen LogP contribution in [0.2, 0.25) is 0 Å². The van der Waals surface area contributed by atoms with E-state index in [0.717, 1.165) is 18.8 Å². The molecular weight excluding hydrogens is 176 g/mol. The van der Waals surface area contributed by atoms with Crippen LogP contribution in [0, 0.1) is 0 Å². The molecule has 1 unspecified atom stereocenters. The zero-order chi connectivity index (χ0) is 9.54. The predicted molar refractivity (Wildman–Crippen MR) is 52.9 cm³/mol. The molecule has 2 aliphatic rings. The first kappa shape index (κ1) is 8.41. The third kappa shape index (κ3) is 1.17. The van der Waals surface area contributed by atoms with Crippen LogP contribution in [-0.2, 0) is 13.0 Å². The van der Waals surface area contributed by atoms with Crippen molar-refractivity contribution in [3.8, 4) is 0 Å². The van der Waals surface area contributed by atoms with Gasteiger partial charge in [0.15, 0.2) is 0 Å². The topological polar surface area (TPSA) is 56.7 Å². The van der Waals surface area contributed by atoms with Gasteiger partial charge in [0.25, 0.3) is 0 Å². The summed E-state index contributed by atoms with van der Waals surface area (Å²) < 4.78 is 2.25. The highest BCUT2D eigenvalue weighted by atomic mass is 15.3. The number of nitrogens with two attached hydrogens (primary N) is 1. The Morgan fingerprint density at radius 2 is 2.00 bits per heavy atom. The number of aromatic nitrogens is 3. The molecule has 4 nitrogen and oxygen atoms in total. The first-order valence-corrected chi connectivity index (χ1v) is 5.52. The zero-order valence-corrected chi connectivity index (χ0v) is 8.32. The van der Waals surface area contributed by atoms with Crippen molar-refractivity contribution in [3.05, 3.63) is 11.6 Å². The van der Waals surface area contributed by atoms with Crippen LogP contribution in [0.25, 0.3) is 0 Å². The Morgan fingerprint density at radius 1 is 1.21 bits per heavy atom. The summed E-state index contributed by atoms with van der Waals surface area (Å²) in [6, 6.07) is 0.264. The first-order chi connectivity index (χ1) is 6.84. The second-order valence-electron chi connectivity index (χ2n) is 4.53. The van der Waals surface area contributed by atoms with E-state index in [1.54, 1.807) is 0 Å². The average Bonchev–Trinajstić information content (AvgIpc) is 2.77. The second-order valence-corrected chi connectivity index (χ2v) is 4.53. The van der Waals surface area contributed by atoms with Gasteiger partial charge in [-0.2, -0.15) is 0 Å². The summed E-state index contributed by atoms with van der Waals surface area (Å²) in [5, 5.41) is 8.54. The van der Waals surface area contributed by atoms with E-state index in [0.29, 0.717) is 5.92 Å². The minimum absolute atomic E-state index is 0.264. The molecule has 0 spiro atoms. The molecule has 1 aromatic rings. The van der Waals surface area contributed by atoms with Crippen molar-refractivity contribution in [2.75, 3.05) is 0 Å². The highest BCUT2D eigenvalue weighted by molar-refractivity contribution is 5.09. The molecule has 1 aliphatic heterocycles. The molecule has 1 fully saturated rings. The summed E-state index contributed by atoms with van der Waals surface area (Å²) in [5.41, 5.74) is 5.91. The maximum atomic E-state index is 5.91. The molecule has 0 aromatic carbocycles. The predicted octanol–water partition coefficient (Wildman–Crippen LogP) is 0.819. The number of hydrogen-bond donors (Lipinski definition) is 1.